The van der Waals surface area contributed by atoms with Gasteiger partial charge < -0.3 is 10.2 Å². The molecule has 1 aromatic rings. The Kier molecular flexibility index (Phi) is 2.73. The summed E-state index contributed by atoms with van der Waals surface area (Å²) in [5, 5.41) is 9.93. The molecule has 2 N–H and O–H groups in total. The quantitative estimate of drug-likeness (QED) is 0.753. The van der Waals surface area contributed by atoms with Crippen LogP contribution in [0.15, 0.2) is 0 Å². The highest BCUT2D eigenvalue weighted by Crippen LogP contribution is 2.22. The van der Waals surface area contributed by atoms with Gasteiger partial charge in [-0.15, -0.1) is 0 Å². The predicted molar refractivity (Wildman–Crippen MR) is 57.5 cm³/mol. The monoisotopic (exact) mass is 208 g/mol. The van der Waals surface area contributed by atoms with Crippen molar-refractivity contribution >= 4 is 11.7 Å². The molecule has 0 aliphatic carbocycles. The predicted octanol–water partition coefficient (Wildman–Crippen LogP) is 0.746. The molecule has 0 atom stereocenters. The number of H-pyrrole nitrogens is 1. The van der Waals surface area contributed by atoms with Gasteiger partial charge in [-0.3, -0.25) is 9.89 Å². The number of nitrogens with zero attached hydrogens (tertiary/aromatic N) is 2. The van der Waals surface area contributed by atoms with E-state index in [1.165, 1.54) is 0 Å². The highest BCUT2D eigenvalue weighted by Gasteiger charge is 2.20. The van der Waals surface area contributed by atoms with E-state index in [-0.39, 0.29) is 5.91 Å². The van der Waals surface area contributed by atoms with E-state index >= 15 is 0 Å². The van der Waals surface area contributed by atoms with Crippen LogP contribution in [-0.2, 0) is 17.8 Å². The average Bonchev–Trinajstić information content (AvgIpc) is 2.60. The van der Waals surface area contributed by atoms with Crippen molar-refractivity contribution < 1.29 is 4.79 Å². The number of rotatable bonds is 2. The number of aromatic nitrogens is 2. The molecule has 0 spiro atoms. The highest BCUT2D eigenvalue weighted by molar-refractivity contribution is 5.90. The van der Waals surface area contributed by atoms with Crippen LogP contribution >= 0.6 is 0 Å². The molecule has 5 heteroatoms. The minimum absolute atomic E-state index is 0.0169. The third-order valence-electron chi connectivity index (χ3n) is 2.70. The summed E-state index contributed by atoms with van der Waals surface area (Å²) >= 11 is 0. The summed E-state index contributed by atoms with van der Waals surface area (Å²) in [6, 6.07) is 0. The Morgan fingerprint density at radius 1 is 1.67 bits per heavy atom. The van der Waals surface area contributed by atoms with Crippen LogP contribution in [0.1, 0.15) is 24.6 Å². The van der Waals surface area contributed by atoms with Gasteiger partial charge in [0.25, 0.3) is 0 Å². The van der Waals surface area contributed by atoms with Crippen molar-refractivity contribution in [2.75, 3.05) is 18.9 Å². The Labute approximate surface area is 88.8 Å². The smallest absolute Gasteiger partial charge is 0.225 e. The van der Waals surface area contributed by atoms with Gasteiger partial charge in [-0.1, -0.05) is 6.92 Å². The zero-order chi connectivity index (χ0) is 10.8. The van der Waals surface area contributed by atoms with E-state index in [4.69, 9.17) is 0 Å². The van der Waals surface area contributed by atoms with Crippen LogP contribution in [0.4, 0.5) is 5.82 Å². The second-order valence-corrected chi connectivity index (χ2v) is 3.92. The number of carbonyl (C=O) groups excluding carboxylic acids is 1. The van der Waals surface area contributed by atoms with Crippen molar-refractivity contribution in [2.24, 2.45) is 0 Å². The molecule has 15 heavy (non-hydrogen) atoms. The van der Waals surface area contributed by atoms with Gasteiger partial charge in [0, 0.05) is 25.1 Å². The molecule has 0 unspecified atom stereocenters. The van der Waals surface area contributed by atoms with E-state index < -0.39 is 0 Å². The lowest BCUT2D eigenvalue weighted by Gasteiger charge is -2.21. The van der Waals surface area contributed by atoms with Crippen molar-refractivity contribution in [2.45, 2.75) is 26.3 Å². The number of amides is 1. The number of anilines is 1. The standard InChI is InChI=1S/C10H16N4O/c1-3-9(15)11-10-7-4-5-14(2)6-8(7)12-13-10/h3-6H2,1-2H3,(H2,11,12,13,15). The van der Waals surface area contributed by atoms with E-state index in [2.05, 4.69) is 27.5 Å². The summed E-state index contributed by atoms with van der Waals surface area (Å²) in [6.07, 6.45) is 1.43. The average molecular weight is 208 g/mol. The van der Waals surface area contributed by atoms with Gasteiger partial charge >= 0.3 is 0 Å². The zero-order valence-corrected chi connectivity index (χ0v) is 9.13. The highest BCUT2D eigenvalue weighted by atomic mass is 16.1. The van der Waals surface area contributed by atoms with E-state index in [0.717, 1.165) is 30.8 Å². The molecule has 0 aromatic carbocycles. The Bertz CT molecular complexity index is 371. The fourth-order valence-corrected chi connectivity index (χ4v) is 1.78. The van der Waals surface area contributed by atoms with Crippen LogP contribution in [0.2, 0.25) is 0 Å². The van der Waals surface area contributed by atoms with Crippen molar-refractivity contribution in [3.63, 3.8) is 0 Å². The van der Waals surface area contributed by atoms with Gasteiger partial charge in [-0.25, -0.2) is 0 Å². The Hall–Kier alpha value is -1.36. The first-order valence-electron chi connectivity index (χ1n) is 5.25. The zero-order valence-electron chi connectivity index (χ0n) is 9.13. The van der Waals surface area contributed by atoms with Crippen LogP contribution in [-0.4, -0.2) is 34.6 Å². The topological polar surface area (TPSA) is 61.0 Å². The first-order chi connectivity index (χ1) is 7.20. The number of hydrogen-bond donors (Lipinski definition) is 2. The van der Waals surface area contributed by atoms with Crippen LogP contribution in [0.5, 0.6) is 0 Å². The maximum Gasteiger partial charge on any atom is 0.225 e. The lowest BCUT2D eigenvalue weighted by atomic mass is 10.1. The molecule has 2 heterocycles. The van der Waals surface area contributed by atoms with Gasteiger partial charge in [-0.05, 0) is 13.5 Å². The molecular formula is C10H16N4O. The van der Waals surface area contributed by atoms with E-state index in [9.17, 15) is 4.79 Å². The summed E-state index contributed by atoms with van der Waals surface area (Å²) in [7, 11) is 2.08. The second kappa shape index (κ2) is 4.02. The molecule has 0 saturated heterocycles. The maximum absolute atomic E-state index is 11.3. The SMILES string of the molecule is CCC(=O)Nc1n[nH]c2c1CCN(C)C2. The first-order valence-corrected chi connectivity index (χ1v) is 5.25. The number of hydrogen-bond acceptors (Lipinski definition) is 3. The van der Waals surface area contributed by atoms with Crippen molar-refractivity contribution in [1.82, 2.24) is 15.1 Å². The van der Waals surface area contributed by atoms with Gasteiger partial charge in [0.1, 0.15) is 0 Å². The molecule has 0 fully saturated rings. The molecule has 0 bridgehead atoms. The number of aromatic amines is 1. The Morgan fingerprint density at radius 2 is 2.47 bits per heavy atom. The summed E-state index contributed by atoms with van der Waals surface area (Å²) in [6.45, 7) is 3.73. The minimum Gasteiger partial charge on any atom is -0.309 e. The molecule has 1 amide bonds. The van der Waals surface area contributed by atoms with Crippen LogP contribution in [0, 0.1) is 0 Å². The summed E-state index contributed by atoms with van der Waals surface area (Å²) in [5.74, 6) is 0.730. The summed E-state index contributed by atoms with van der Waals surface area (Å²) in [5.41, 5.74) is 2.28. The number of fused-ring (bicyclic) bond motifs is 1. The molecule has 0 saturated carbocycles. The number of carbonyl (C=O) groups is 1. The van der Waals surface area contributed by atoms with Gasteiger partial charge in [0.15, 0.2) is 5.82 Å². The molecule has 1 aliphatic rings. The maximum atomic E-state index is 11.3. The van der Waals surface area contributed by atoms with Crippen LogP contribution in [0.25, 0.3) is 0 Å². The van der Waals surface area contributed by atoms with E-state index in [1.54, 1.807) is 0 Å². The lowest BCUT2D eigenvalue weighted by molar-refractivity contribution is -0.115. The normalized spacial score (nSPS) is 16.1. The van der Waals surface area contributed by atoms with E-state index in [1.807, 2.05) is 6.92 Å². The fourth-order valence-electron chi connectivity index (χ4n) is 1.78. The second-order valence-electron chi connectivity index (χ2n) is 3.92. The third kappa shape index (κ3) is 2.02. The van der Waals surface area contributed by atoms with Crippen LogP contribution < -0.4 is 5.32 Å². The third-order valence-corrected chi connectivity index (χ3v) is 2.70. The van der Waals surface area contributed by atoms with Crippen molar-refractivity contribution in [1.29, 1.82) is 0 Å². The number of nitrogens with one attached hydrogen (secondary N) is 2. The van der Waals surface area contributed by atoms with Gasteiger partial charge in [-0.2, -0.15) is 5.10 Å². The van der Waals surface area contributed by atoms with E-state index in [0.29, 0.717) is 12.2 Å². The Morgan fingerprint density at radius 3 is 3.20 bits per heavy atom. The number of likely N-dealkylation sites (N-methyl/N-ethyl adjacent to an activating group) is 1. The molecule has 1 aliphatic heterocycles. The van der Waals surface area contributed by atoms with Gasteiger partial charge in [0.2, 0.25) is 5.91 Å². The van der Waals surface area contributed by atoms with Crippen molar-refractivity contribution in [3.05, 3.63) is 11.3 Å². The lowest BCUT2D eigenvalue weighted by Crippen LogP contribution is -2.26. The van der Waals surface area contributed by atoms with Crippen LogP contribution in [0.3, 0.4) is 0 Å². The molecule has 2 rings (SSSR count). The first kappa shape index (κ1) is 10.2. The molecular weight excluding hydrogens is 192 g/mol. The Balaban J connectivity index is 2.17. The molecule has 1 aromatic heterocycles. The molecule has 82 valence electrons. The summed E-state index contributed by atoms with van der Waals surface area (Å²) in [4.78, 5) is 13.5. The molecule has 0 radical (unpaired) electrons. The molecule has 5 nitrogen and oxygen atoms in total. The van der Waals surface area contributed by atoms with Crippen molar-refractivity contribution in [3.8, 4) is 0 Å². The fraction of sp³-hybridized carbons (Fsp3) is 0.600. The summed E-state index contributed by atoms with van der Waals surface area (Å²) < 4.78 is 0. The van der Waals surface area contributed by atoms with Gasteiger partial charge in [0.05, 0.1) is 5.69 Å². The minimum atomic E-state index is 0.0169. The largest absolute Gasteiger partial charge is 0.309 e.